The van der Waals surface area contributed by atoms with E-state index in [9.17, 15) is 0 Å². The van der Waals surface area contributed by atoms with Gasteiger partial charge in [0, 0.05) is 17.6 Å². The van der Waals surface area contributed by atoms with Gasteiger partial charge in [-0.1, -0.05) is 18.2 Å². The Morgan fingerprint density at radius 3 is 3.06 bits per heavy atom. The van der Waals surface area contributed by atoms with Crippen molar-refractivity contribution in [2.75, 3.05) is 6.54 Å². The lowest BCUT2D eigenvalue weighted by Crippen LogP contribution is -2.23. The van der Waals surface area contributed by atoms with Crippen LogP contribution < -0.4 is 5.32 Å². The first kappa shape index (κ1) is 10.4. The van der Waals surface area contributed by atoms with Crippen LogP contribution >= 0.6 is 0 Å². The van der Waals surface area contributed by atoms with Crippen LogP contribution in [0.15, 0.2) is 30.5 Å². The highest BCUT2D eigenvalue weighted by Gasteiger charge is 2.17. The minimum absolute atomic E-state index is 0.577. The predicted octanol–water partition coefficient (Wildman–Crippen LogP) is 2.26. The molecule has 1 aliphatic heterocycles. The fraction of sp³-hybridized carbons (Fsp3) is 0.357. The summed E-state index contributed by atoms with van der Waals surface area (Å²) in [5.41, 5.74) is 2.30. The smallest absolute Gasteiger partial charge is 0.188 e. The summed E-state index contributed by atoms with van der Waals surface area (Å²) in [6.07, 6.45) is 7.72. The van der Waals surface area contributed by atoms with Gasteiger partial charge in [-0.05, 0) is 37.4 Å². The zero-order valence-corrected chi connectivity index (χ0v) is 9.69. The summed E-state index contributed by atoms with van der Waals surface area (Å²) in [5.74, 6) is 0. The van der Waals surface area contributed by atoms with Gasteiger partial charge in [-0.2, -0.15) is 5.26 Å². The van der Waals surface area contributed by atoms with E-state index in [-0.39, 0.29) is 0 Å². The zero-order chi connectivity index (χ0) is 11.7. The van der Waals surface area contributed by atoms with E-state index in [1.807, 2.05) is 24.4 Å². The maximum absolute atomic E-state index is 9.11. The summed E-state index contributed by atoms with van der Waals surface area (Å²) in [7, 11) is 0. The number of fused-ring (bicyclic) bond motifs is 1. The molecular formula is C14H15N3. The number of nitrogens with one attached hydrogen (secondary N) is 1. The van der Waals surface area contributed by atoms with E-state index >= 15 is 0 Å². The molecule has 1 fully saturated rings. The van der Waals surface area contributed by atoms with Gasteiger partial charge in [0.15, 0.2) is 6.19 Å². The average Bonchev–Trinajstić information content (AvgIpc) is 2.98. The second-order valence-electron chi connectivity index (χ2n) is 4.64. The standard InChI is InChI=1S/C14H15N3/c15-10-17-9-11(8-12-4-3-7-16-12)13-5-1-2-6-14(13)17/h1-2,5-6,9,12,16H,3-4,7-8H2. The molecule has 1 aromatic carbocycles. The largest absolute Gasteiger partial charge is 0.314 e. The van der Waals surface area contributed by atoms with E-state index < -0.39 is 0 Å². The number of nitrogens with zero attached hydrogens (tertiary/aromatic N) is 2. The van der Waals surface area contributed by atoms with Gasteiger partial charge in [-0.15, -0.1) is 0 Å². The van der Waals surface area contributed by atoms with Gasteiger partial charge in [-0.25, -0.2) is 0 Å². The number of aromatic nitrogens is 1. The zero-order valence-electron chi connectivity index (χ0n) is 9.69. The van der Waals surface area contributed by atoms with E-state index in [2.05, 4.69) is 17.6 Å². The third-order valence-corrected chi connectivity index (χ3v) is 3.53. The molecule has 0 spiro atoms. The Balaban J connectivity index is 2.01. The number of nitriles is 1. The van der Waals surface area contributed by atoms with Crippen molar-refractivity contribution in [1.82, 2.24) is 9.88 Å². The first-order valence-electron chi connectivity index (χ1n) is 6.11. The van der Waals surface area contributed by atoms with Crippen molar-refractivity contribution in [2.24, 2.45) is 0 Å². The van der Waals surface area contributed by atoms with E-state index in [4.69, 9.17) is 5.26 Å². The monoisotopic (exact) mass is 225 g/mol. The fourth-order valence-corrected chi connectivity index (χ4v) is 2.69. The lowest BCUT2D eigenvalue weighted by molar-refractivity contribution is 0.604. The predicted molar refractivity (Wildman–Crippen MR) is 67.7 cm³/mol. The Bertz CT molecular complexity index is 571. The van der Waals surface area contributed by atoms with Crippen molar-refractivity contribution in [1.29, 1.82) is 5.26 Å². The van der Waals surface area contributed by atoms with E-state index in [1.165, 1.54) is 23.8 Å². The summed E-state index contributed by atoms with van der Waals surface area (Å²) in [5, 5.41) is 13.8. The Kier molecular flexibility index (Phi) is 2.58. The van der Waals surface area contributed by atoms with Crippen molar-refractivity contribution in [3.05, 3.63) is 36.0 Å². The first-order valence-corrected chi connectivity index (χ1v) is 6.11. The van der Waals surface area contributed by atoms with Crippen LogP contribution in [0.3, 0.4) is 0 Å². The molecule has 86 valence electrons. The molecule has 1 atom stereocenters. The van der Waals surface area contributed by atoms with Gasteiger partial charge in [0.1, 0.15) is 0 Å². The van der Waals surface area contributed by atoms with Gasteiger partial charge in [0.05, 0.1) is 5.52 Å². The van der Waals surface area contributed by atoms with Crippen molar-refractivity contribution in [2.45, 2.75) is 25.3 Å². The number of para-hydroxylation sites is 1. The molecule has 3 nitrogen and oxygen atoms in total. The Morgan fingerprint density at radius 2 is 2.29 bits per heavy atom. The lowest BCUT2D eigenvalue weighted by Gasteiger charge is -2.08. The van der Waals surface area contributed by atoms with Crippen LogP contribution in [-0.4, -0.2) is 17.2 Å². The Morgan fingerprint density at radius 1 is 1.41 bits per heavy atom. The number of hydrogen-bond acceptors (Lipinski definition) is 2. The van der Waals surface area contributed by atoms with E-state index in [1.54, 1.807) is 4.57 Å². The highest BCUT2D eigenvalue weighted by molar-refractivity contribution is 5.84. The molecule has 1 N–H and O–H groups in total. The maximum atomic E-state index is 9.11. The van der Waals surface area contributed by atoms with Gasteiger partial charge in [-0.3, -0.25) is 4.57 Å². The molecule has 0 bridgehead atoms. The van der Waals surface area contributed by atoms with Crippen LogP contribution in [0.2, 0.25) is 0 Å². The summed E-state index contributed by atoms with van der Waals surface area (Å²) in [6, 6.07) is 8.70. The quantitative estimate of drug-likeness (QED) is 0.851. The lowest BCUT2D eigenvalue weighted by atomic mass is 10.0. The third kappa shape index (κ3) is 1.81. The molecule has 0 amide bonds. The summed E-state index contributed by atoms with van der Waals surface area (Å²) in [4.78, 5) is 0. The van der Waals surface area contributed by atoms with Gasteiger partial charge >= 0.3 is 0 Å². The summed E-state index contributed by atoms with van der Waals surface area (Å²) in [6.45, 7) is 1.13. The molecule has 3 rings (SSSR count). The van der Waals surface area contributed by atoms with Gasteiger partial charge < -0.3 is 5.32 Å². The highest BCUT2D eigenvalue weighted by atomic mass is 15.0. The molecule has 2 heterocycles. The molecule has 1 unspecified atom stereocenters. The van der Waals surface area contributed by atoms with Gasteiger partial charge in [0.25, 0.3) is 0 Å². The fourth-order valence-electron chi connectivity index (χ4n) is 2.69. The maximum Gasteiger partial charge on any atom is 0.188 e. The minimum atomic E-state index is 0.577. The van der Waals surface area contributed by atoms with Crippen LogP contribution in [0.5, 0.6) is 0 Å². The van der Waals surface area contributed by atoms with Crippen LogP contribution in [0.4, 0.5) is 0 Å². The van der Waals surface area contributed by atoms with Crippen LogP contribution in [-0.2, 0) is 6.42 Å². The van der Waals surface area contributed by atoms with Crippen molar-refractivity contribution < 1.29 is 0 Å². The number of benzene rings is 1. The SMILES string of the molecule is N#Cn1cc(CC2CCCN2)c2ccccc21. The molecule has 1 saturated heterocycles. The summed E-state index contributed by atoms with van der Waals surface area (Å²) >= 11 is 0. The van der Waals surface area contributed by atoms with Gasteiger partial charge in [0.2, 0.25) is 0 Å². The molecule has 17 heavy (non-hydrogen) atoms. The molecule has 1 aromatic heterocycles. The first-order chi connectivity index (χ1) is 8.38. The van der Waals surface area contributed by atoms with Crippen LogP contribution in [0.1, 0.15) is 18.4 Å². The van der Waals surface area contributed by atoms with Crippen molar-refractivity contribution in [3.8, 4) is 6.19 Å². The highest BCUT2D eigenvalue weighted by Crippen LogP contribution is 2.23. The van der Waals surface area contributed by atoms with E-state index in [0.717, 1.165) is 18.5 Å². The molecule has 0 saturated carbocycles. The Hall–Kier alpha value is -1.79. The molecule has 1 aliphatic rings. The molecule has 0 radical (unpaired) electrons. The van der Waals surface area contributed by atoms with Crippen LogP contribution in [0, 0.1) is 11.5 Å². The van der Waals surface area contributed by atoms with Crippen molar-refractivity contribution in [3.63, 3.8) is 0 Å². The topological polar surface area (TPSA) is 40.8 Å². The number of hydrogen-bond donors (Lipinski definition) is 1. The summed E-state index contributed by atoms with van der Waals surface area (Å²) < 4.78 is 1.67. The normalized spacial score (nSPS) is 19.6. The van der Waals surface area contributed by atoms with E-state index in [0.29, 0.717) is 6.04 Å². The third-order valence-electron chi connectivity index (χ3n) is 3.53. The van der Waals surface area contributed by atoms with Crippen LogP contribution in [0.25, 0.3) is 10.9 Å². The second kappa shape index (κ2) is 4.23. The Labute approximate surface area is 101 Å². The second-order valence-corrected chi connectivity index (χ2v) is 4.64. The molecule has 0 aliphatic carbocycles. The number of rotatable bonds is 2. The average molecular weight is 225 g/mol. The minimum Gasteiger partial charge on any atom is -0.314 e. The molecule has 3 heteroatoms. The molecule has 2 aromatic rings. The molecular weight excluding hydrogens is 210 g/mol. The van der Waals surface area contributed by atoms with Crippen molar-refractivity contribution >= 4 is 10.9 Å².